The van der Waals surface area contributed by atoms with E-state index in [1.165, 1.54) is 12.1 Å². The van der Waals surface area contributed by atoms with E-state index in [9.17, 15) is 8.42 Å². The molecule has 0 radical (unpaired) electrons. The van der Waals surface area contributed by atoms with Crippen LogP contribution in [-0.2, 0) is 10.0 Å². The van der Waals surface area contributed by atoms with Gasteiger partial charge in [0.05, 0.1) is 10.6 Å². The maximum Gasteiger partial charge on any atom is 0.261 e. The van der Waals surface area contributed by atoms with E-state index in [0.29, 0.717) is 10.7 Å². The molecular formula is C22H17ClN2O2S2. The maximum absolute atomic E-state index is 12.6. The van der Waals surface area contributed by atoms with Gasteiger partial charge in [-0.1, -0.05) is 60.1 Å². The second-order valence-electron chi connectivity index (χ2n) is 6.50. The predicted octanol–water partition coefficient (Wildman–Crippen LogP) is 6.24. The number of nitrogens with zero attached hydrogens (tertiary/aromatic N) is 1. The number of rotatable bonds is 5. The fraction of sp³-hybridized carbons (Fsp3) is 0.0455. The van der Waals surface area contributed by atoms with Crippen molar-refractivity contribution in [2.45, 2.75) is 11.8 Å². The molecule has 0 aliphatic rings. The summed E-state index contributed by atoms with van der Waals surface area (Å²) in [7, 11) is -3.71. The van der Waals surface area contributed by atoms with Crippen LogP contribution in [0.3, 0.4) is 0 Å². The lowest BCUT2D eigenvalue weighted by atomic mass is 10.1. The topological polar surface area (TPSA) is 59.1 Å². The highest BCUT2D eigenvalue weighted by Crippen LogP contribution is 2.30. The van der Waals surface area contributed by atoms with E-state index < -0.39 is 10.0 Å². The van der Waals surface area contributed by atoms with Crippen molar-refractivity contribution in [3.63, 3.8) is 0 Å². The molecule has 29 heavy (non-hydrogen) atoms. The summed E-state index contributed by atoms with van der Waals surface area (Å²) in [4.78, 5) is 4.81. The minimum atomic E-state index is -3.71. The minimum absolute atomic E-state index is 0.129. The summed E-state index contributed by atoms with van der Waals surface area (Å²) in [6, 6.07) is 21.8. The lowest BCUT2D eigenvalue weighted by Gasteiger charge is -2.09. The van der Waals surface area contributed by atoms with Crippen molar-refractivity contribution in [1.82, 2.24) is 4.98 Å². The summed E-state index contributed by atoms with van der Waals surface area (Å²) in [5.74, 6) is 0. The largest absolute Gasteiger partial charge is 0.280 e. The van der Waals surface area contributed by atoms with E-state index in [4.69, 9.17) is 11.6 Å². The third kappa shape index (κ3) is 4.34. The van der Waals surface area contributed by atoms with Crippen molar-refractivity contribution in [1.29, 1.82) is 0 Å². The van der Waals surface area contributed by atoms with Crippen LogP contribution < -0.4 is 4.72 Å². The number of benzene rings is 3. The Morgan fingerprint density at radius 1 is 0.931 bits per heavy atom. The van der Waals surface area contributed by atoms with Gasteiger partial charge in [0.2, 0.25) is 0 Å². The Hall–Kier alpha value is -2.67. The second kappa shape index (κ2) is 7.99. The van der Waals surface area contributed by atoms with Crippen molar-refractivity contribution < 1.29 is 8.42 Å². The third-order valence-electron chi connectivity index (χ3n) is 4.41. The van der Waals surface area contributed by atoms with E-state index in [0.717, 1.165) is 27.4 Å². The normalized spacial score (nSPS) is 11.4. The third-order valence-corrected chi connectivity index (χ3v) is 7.09. The van der Waals surface area contributed by atoms with E-state index in [1.54, 1.807) is 29.5 Å². The van der Waals surface area contributed by atoms with Gasteiger partial charge < -0.3 is 0 Å². The molecule has 146 valence electrons. The SMILES string of the molecule is Cc1ccc(S(=O)(=O)Nc2ccc(-c3csc(-c4ccccc4)n3)cc2)cc1Cl. The Kier molecular flexibility index (Phi) is 5.41. The number of nitrogens with one attached hydrogen (secondary N) is 1. The van der Waals surface area contributed by atoms with Crippen molar-refractivity contribution in [3.05, 3.63) is 88.8 Å². The monoisotopic (exact) mass is 440 g/mol. The second-order valence-corrected chi connectivity index (χ2v) is 9.45. The van der Waals surface area contributed by atoms with Crippen LogP contribution in [0.2, 0.25) is 5.02 Å². The molecule has 0 atom stereocenters. The number of aryl methyl sites for hydroxylation is 1. The molecule has 0 saturated heterocycles. The summed E-state index contributed by atoms with van der Waals surface area (Å²) in [6.45, 7) is 1.83. The first-order valence-corrected chi connectivity index (χ1v) is 11.6. The maximum atomic E-state index is 12.6. The Balaban J connectivity index is 1.54. The van der Waals surface area contributed by atoms with Crippen LogP contribution in [0.5, 0.6) is 0 Å². The van der Waals surface area contributed by atoms with Crippen LogP contribution in [0.4, 0.5) is 5.69 Å². The van der Waals surface area contributed by atoms with Crippen LogP contribution in [0.15, 0.2) is 83.1 Å². The average Bonchev–Trinajstić information content (AvgIpc) is 3.21. The molecule has 4 nitrogen and oxygen atoms in total. The quantitative estimate of drug-likeness (QED) is 0.399. The average molecular weight is 441 g/mol. The zero-order valence-corrected chi connectivity index (χ0v) is 17.9. The summed E-state index contributed by atoms with van der Waals surface area (Å²) >= 11 is 7.64. The first kappa shape index (κ1) is 19.6. The van der Waals surface area contributed by atoms with Gasteiger partial charge in [-0.3, -0.25) is 4.72 Å². The van der Waals surface area contributed by atoms with Crippen LogP contribution >= 0.6 is 22.9 Å². The van der Waals surface area contributed by atoms with Gasteiger partial charge in [0.15, 0.2) is 0 Å². The number of hydrogen-bond acceptors (Lipinski definition) is 4. The van der Waals surface area contributed by atoms with E-state index in [2.05, 4.69) is 9.71 Å². The Morgan fingerprint density at radius 3 is 2.34 bits per heavy atom. The number of halogens is 1. The molecule has 0 aliphatic heterocycles. The predicted molar refractivity (Wildman–Crippen MR) is 120 cm³/mol. The molecule has 4 rings (SSSR count). The van der Waals surface area contributed by atoms with Crippen LogP contribution in [0, 0.1) is 6.92 Å². The number of aromatic nitrogens is 1. The zero-order chi connectivity index (χ0) is 20.4. The highest BCUT2D eigenvalue weighted by molar-refractivity contribution is 7.92. The van der Waals surface area contributed by atoms with Crippen molar-refractivity contribution in [2.75, 3.05) is 4.72 Å². The Bertz CT molecular complexity index is 1250. The molecule has 0 fully saturated rings. The Morgan fingerprint density at radius 2 is 1.66 bits per heavy atom. The smallest absolute Gasteiger partial charge is 0.261 e. The van der Waals surface area contributed by atoms with Crippen LogP contribution in [0.1, 0.15) is 5.56 Å². The van der Waals surface area contributed by atoms with Crippen LogP contribution in [-0.4, -0.2) is 13.4 Å². The summed E-state index contributed by atoms with van der Waals surface area (Å²) < 4.78 is 27.8. The molecule has 3 aromatic carbocycles. The fourth-order valence-electron chi connectivity index (χ4n) is 2.78. The number of thiazole rings is 1. The van der Waals surface area contributed by atoms with Gasteiger partial charge in [0, 0.05) is 27.2 Å². The number of hydrogen-bond donors (Lipinski definition) is 1. The van der Waals surface area contributed by atoms with Crippen molar-refractivity contribution in [2.24, 2.45) is 0 Å². The summed E-state index contributed by atoms with van der Waals surface area (Å²) in [5, 5.41) is 3.36. The van der Waals surface area contributed by atoms with E-state index in [1.807, 2.05) is 54.8 Å². The van der Waals surface area contributed by atoms with Gasteiger partial charge in [-0.15, -0.1) is 11.3 Å². The summed E-state index contributed by atoms with van der Waals surface area (Å²) in [6.07, 6.45) is 0. The van der Waals surface area contributed by atoms with Gasteiger partial charge in [-0.25, -0.2) is 13.4 Å². The lowest BCUT2D eigenvalue weighted by Crippen LogP contribution is -2.12. The molecule has 1 N–H and O–H groups in total. The van der Waals surface area contributed by atoms with Gasteiger partial charge in [-0.2, -0.15) is 0 Å². The number of anilines is 1. The van der Waals surface area contributed by atoms with Crippen molar-refractivity contribution in [3.8, 4) is 21.8 Å². The standard InChI is InChI=1S/C22H17ClN2O2S2/c1-15-7-12-19(13-20(15)23)29(26,27)25-18-10-8-16(9-11-18)21-14-28-22(24-21)17-5-3-2-4-6-17/h2-14,25H,1H3. The highest BCUT2D eigenvalue weighted by Gasteiger charge is 2.15. The minimum Gasteiger partial charge on any atom is -0.280 e. The molecule has 0 aliphatic carbocycles. The van der Waals surface area contributed by atoms with Gasteiger partial charge in [0.1, 0.15) is 5.01 Å². The van der Waals surface area contributed by atoms with Crippen molar-refractivity contribution >= 4 is 38.6 Å². The van der Waals surface area contributed by atoms with E-state index >= 15 is 0 Å². The highest BCUT2D eigenvalue weighted by atomic mass is 35.5. The lowest BCUT2D eigenvalue weighted by molar-refractivity contribution is 0.601. The molecule has 1 heterocycles. The molecule has 4 aromatic rings. The molecule has 0 bridgehead atoms. The zero-order valence-electron chi connectivity index (χ0n) is 15.5. The molecule has 0 amide bonds. The first-order valence-electron chi connectivity index (χ1n) is 8.83. The molecular weight excluding hydrogens is 424 g/mol. The van der Waals surface area contributed by atoms with Crippen LogP contribution in [0.25, 0.3) is 21.8 Å². The number of sulfonamides is 1. The fourth-order valence-corrected chi connectivity index (χ4v) is 4.95. The summed E-state index contributed by atoms with van der Waals surface area (Å²) in [5.41, 5.74) is 4.15. The molecule has 0 saturated carbocycles. The molecule has 1 aromatic heterocycles. The van der Waals surface area contributed by atoms with Gasteiger partial charge in [-0.05, 0) is 36.8 Å². The molecule has 0 spiro atoms. The first-order chi connectivity index (χ1) is 13.9. The molecule has 0 unspecified atom stereocenters. The van der Waals surface area contributed by atoms with E-state index in [-0.39, 0.29) is 4.90 Å². The molecule has 7 heteroatoms. The Labute approximate surface area is 178 Å². The van der Waals surface area contributed by atoms with Gasteiger partial charge in [0.25, 0.3) is 10.0 Å². The van der Waals surface area contributed by atoms with Gasteiger partial charge >= 0.3 is 0 Å².